The third-order valence-electron chi connectivity index (χ3n) is 4.39. The van der Waals surface area contributed by atoms with Crippen LogP contribution in [0.5, 0.6) is 11.5 Å². The van der Waals surface area contributed by atoms with E-state index in [9.17, 15) is 4.79 Å². The number of carbonyl (C=O) groups excluding carboxylic acids is 1. The highest BCUT2D eigenvalue weighted by Crippen LogP contribution is 2.19. The highest BCUT2D eigenvalue weighted by molar-refractivity contribution is 5.81. The summed E-state index contributed by atoms with van der Waals surface area (Å²) in [6.45, 7) is 4.69. The van der Waals surface area contributed by atoms with Crippen LogP contribution in [0.2, 0.25) is 0 Å². The third kappa shape index (κ3) is 5.80. The van der Waals surface area contributed by atoms with Gasteiger partial charge in [0.25, 0.3) is 5.91 Å². The van der Waals surface area contributed by atoms with Gasteiger partial charge in [0.1, 0.15) is 11.5 Å². The van der Waals surface area contributed by atoms with Gasteiger partial charge in [0.15, 0.2) is 6.10 Å². The van der Waals surface area contributed by atoms with Crippen LogP contribution >= 0.6 is 0 Å². The van der Waals surface area contributed by atoms with E-state index in [2.05, 4.69) is 18.3 Å². The second-order valence-electron chi connectivity index (χ2n) is 6.22. The first kappa shape index (κ1) is 19.8. The molecule has 2 aromatic rings. The Kier molecular flexibility index (Phi) is 8.00. The van der Waals surface area contributed by atoms with Crippen molar-refractivity contribution in [3.05, 3.63) is 59.7 Å². The predicted octanol–water partition coefficient (Wildman–Crippen LogP) is 4.16. The molecule has 0 saturated heterocycles. The number of para-hydroxylation sites is 1. The molecule has 0 fully saturated rings. The van der Waals surface area contributed by atoms with Gasteiger partial charge in [-0.15, -0.1) is 0 Å². The second-order valence-corrected chi connectivity index (χ2v) is 6.22. The third-order valence-corrected chi connectivity index (χ3v) is 4.39. The first-order valence-electron chi connectivity index (χ1n) is 9.33. The lowest BCUT2D eigenvalue weighted by atomic mass is 10.1. The maximum atomic E-state index is 12.4. The van der Waals surface area contributed by atoms with Gasteiger partial charge in [-0.25, -0.2) is 0 Å². The topological polar surface area (TPSA) is 47.6 Å². The van der Waals surface area contributed by atoms with Crippen LogP contribution in [0.4, 0.5) is 0 Å². The van der Waals surface area contributed by atoms with Gasteiger partial charge in [-0.05, 0) is 55.0 Å². The minimum Gasteiger partial charge on any atom is -0.496 e. The Morgan fingerprint density at radius 1 is 1.08 bits per heavy atom. The van der Waals surface area contributed by atoms with Crippen molar-refractivity contribution in [2.75, 3.05) is 13.7 Å². The smallest absolute Gasteiger partial charge is 0.261 e. The van der Waals surface area contributed by atoms with Crippen LogP contribution in [0.15, 0.2) is 48.5 Å². The van der Waals surface area contributed by atoms with Crippen molar-refractivity contribution in [3.8, 4) is 11.5 Å². The van der Waals surface area contributed by atoms with Gasteiger partial charge < -0.3 is 14.8 Å². The molecule has 2 aromatic carbocycles. The SMILES string of the molecule is CCc1ccc(OC(CC)C(=O)NCCCc2ccccc2OC)cc1. The number of hydrogen-bond acceptors (Lipinski definition) is 3. The van der Waals surface area contributed by atoms with Crippen LogP contribution in [0, 0.1) is 0 Å². The Morgan fingerprint density at radius 2 is 1.81 bits per heavy atom. The van der Waals surface area contributed by atoms with Gasteiger partial charge in [0.05, 0.1) is 7.11 Å². The largest absolute Gasteiger partial charge is 0.496 e. The average Bonchev–Trinajstić information content (AvgIpc) is 2.69. The van der Waals surface area contributed by atoms with Crippen LogP contribution in [0.3, 0.4) is 0 Å². The molecule has 2 rings (SSSR count). The summed E-state index contributed by atoms with van der Waals surface area (Å²) < 4.78 is 11.2. The molecule has 0 aromatic heterocycles. The summed E-state index contributed by atoms with van der Waals surface area (Å²) in [5.41, 5.74) is 2.41. The second kappa shape index (κ2) is 10.5. The van der Waals surface area contributed by atoms with Crippen LogP contribution < -0.4 is 14.8 Å². The Morgan fingerprint density at radius 3 is 2.46 bits per heavy atom. The fraction of sp³-hybridized carbons (Fsp3) is 0.409. The standard InChI is InChI=1S/C22H29NO3/c1-4-17-12-14-19(15-13-17)26-20(5-2)22(24)23-16-8-10-18-9-6-7-11-21(18)25-3/h6-7,9,11-15,20H,4-5,8,10,16H2,1-3H3,(H,23,24). The van der Waals surface area contributed by atoms with Gasteiger partial charge in [-0.3, -0.25) is 4.79 Å². The van der Waals surface area contributed by atoms with Crippen LogP contribution in [0.1, 0.15) is 37.8 Å². The number of benzene rings is 2. The van der Waals surface area contributed by atoms with Crippen molar-refractivity contribution < 1.29 is 14.3 Å². The van der Waals surface area contributed by atoms with E-state index in [1.807, 2.05) is 49.4 Å². The van der Waals surface area contributed by atoms with E-state index in [0.717, 1.165) is 36.3 Å². The first-order chi connectivity index (χ1) is 12.7. The molecule has 0 radical (unpaired) electrons. The summed E-state index contributed by atoms with van der Waals surface area (Å²) in [6.07, 6.45) is 2.88. The molecule has 1 amide bonds. The van der Waals surface area contributed by atoms with E-state index < -0.39 is 6.10 Å². The maximum absolute atomic E-state index is 12.4. The lowest BCUT2D eigenvalue weighted by Gasteiger charge is -2.17. The highest BCUT2D eigenvalue weighted by Gasteiger charge is 2.17. The van der Waals surface area contributed by atoms with E-state index in [-0.39, 0.29) is 5.91 Å². The summed E-state index contributed by atoms with van der Waals surface area (Å²) in [7, 11) is 1.68. The van der Waals surface area contributed by atoms with Crippen LogP contribution in [-0.4, -0.2) is 25.7 Å². The lowest BCUT2D eigenvalue weighted by Crippen LogP contribution is -2.38. The van der Waals surface area contributed by atoms with E-state index in [4.69, 9.17) is 9.47 Å². The zero-order valence-corrected chi connectivity index (χ0v) is 16.0. The number of rotatable bonds is 10. The number of nitrogens with one attached hydrogen (secondary N) is 1. The van der Waals surface area contributed by atoms with E-state index >= 15 is 0 Å². The molecular formula is C22H29NO3. The van der Waals surface area contributed by atoms with Gasteiger partial charge in [-0.1, -0.05) is 44.2 Å². The zero-order chi connectivity index (χ0) is 18.8. The quantitative estimate of drug-likeness (QED) is 0.651. The first-order valence-corrected chi connectivity index (χ1v) is 9.33. The van der Waals surface area contributed by atoms with Crippen molar-refractivity contribution in [1.29, 1.82) is 0 Å². The molecule has 0 saturated carbocycles. The van der Waals surface area contributed by atoms with E-state index in [1.54, 1.807) is 7.11 Å². The molecule has 0 aliphatic heterocycles. The van der Waals surface area contributed by atoms with Crippen LogP contribution in [-0.2, 0) is 17.6 Å². The summed E-state index contributed by atoms with van der Waals surface area (Å²) in [5.74, 6) is 1.56. The molecular weight excluding hydrogens is 326 g/mol. The molecule has 26 heavy (non-hydrogen) atoms. The number of amides is 1. The van der Waals surface area contributed by atoms with Gasteiger partial charge in [0.2, 0.25) is 0 Å². The van der Waals surface area contributed by atoms with Crippen molar-refractivity contribution in [2.24, 2.45) is 0 Å². The number of ether oxygens (including phenoxy) is 2. The molecule has 4 heteroatoms. The van der Waals surface area contributed by atoms with Crippen LogP contribution in [0.25, 0.3) is 0 Å². The summed E-state index contributed by atoms with van der Waals surface area (Å²) in [6, 6.07) is 15.9. The monoisotopic (exact) mass is 355 g/mol. The molecule has 0 heterocycles. The minimum atomic E-state index is -0.464. The molecule has 0 aliphatic carbocycles. The van der Waals surface area contributed by atoms with E-state index in [0.29, 0.717) is 13.0 Å². The zero-order valence-electron chi connectivity index (χ0n) is 16.0. The van der Waals surface area contributed by atoms with Crippen molar-refractivity contribution in [3.63, 3.8) is 0 Å². The predicted molar refractivity (Wildman–Crippen MR) is 105 cm³/mol. The minimum absolute atomic E-state index is 0.0629. The van der Waals surface area contributed by atoms with Crippen molar-refractivity contribution in [2.45, 2.75) is 45.6 Å². The lowest BCUT2D eigenvalue weighted by molar-refractivity contribution is -0.128. The Hall–Kier alpha value is -2.49. The van der Waals surface area contributed by atoms with Gasteiger partial charge in [0, 0.05) is 6.54 Å². The van der Waals surface area contributed by atoms with Crippen molar-refractivity contribution in [1.82, 2.24) is 5.32 Å². The van der Waals surface area contributed by atoms with Crippen molar-refractivity contribution >= 4 is 5.91 Å². The Bertz CT molecular complexity index is 682. The average molecular weight is 355 g/mol. The van der Waals surface area contributed by atoms with E-state index in [1.165, 1.54) is 5.56 Å². The number of hydrogen-bond donors (Lipinski definition) is 1. The molecule has 1 unspecified atom stereocenters. The van der Waals surface area contributed by atoms with Gasteiger partial charge >= 0.3 is 0 Å². The summed E-state index contributed by atoms with van der Waals surface area (Å²) in [5, 5.41) is 2.98. The molecule has 1 N–H and O–H groups in total. The molecule has 0 spiro atoms. The summed E-state index contributed by atoms with van der Waals surface area (Å²) in [4.78, 5) is 12.4. The maximum Gasteiger partial charge on any atom is 0.261 e. The fourth-order valence-corrected chi connectivity index (χ4v) is 2.80. The molecule has 0 aliphatic rings. The number of methoxy groups -OCH3 is 1. The molecule has 140 valence electrons. The molecule has 1 atom stereocenters. The molecule has 0 bridgehead atoms. The number of aryl methyl sites for hydroxylation is 2. The number of carbonyl (C=O) groups is 1. The Balaban J connectivity index is 1.79. The summed E-state index contributed by atoms with van der Waals surface area (Å²) >= 11 is 0. The Labute approximate surface area is 156 Å². The fourth-order valence-electron chi connectivity index (χ4n) is 2.80. The highest BCUT2D eigenvalue weighted by atomic mass is 16.5. The normalized spacial score (nSPS) is 11.7. The molecule has 4 nitrogen and oxygen atoms in total. The van der Waals surface area contributed by atoms with Gasteiger partial charge in [-0.2, -0.15) is 0 Å².